The maximum Gasteiger partial charge on any atom is 0.223 e. The highest BCUT2D eigenvalue weighted by atomic mass is 32.2. The second-order valence-corrected chi connectivity index (χ2v) is 6.83. The summed E-state index contributed by atoms with van der Waals surface area (Å²) in [5.41, 5.74) is -0.0535. The van der Waals surface area contributed by atoms with Gasteiger partial charge in [-0.05, 0) is 25.0 Å². The molecule has 2 atom stereocenters. The third-order valence-corrected chi connectivity index (χ3v) is 4.26. The van der Waals surface area contributed by atoms with Gasteiger partial charge in [-0.3, -0.25) is 4.79 Å². The summed E-state index contributed by atoms with van der Waals surface area (Å²) in [6.07, 6.45) is 0.592. The van der Waals surface area contributed by atoms with E-state index in [0.717, 1.165) is 12.1 Å². The van der Waals surface area contributed by atoms with Gasteiger partial charge in [-0.15, -0.1) is 0 Å². The van der Waals surface area contributed by atoms with Crippen molar-refractivity contribution in [1.29, 1.82) is 0 Å². The number of rotatable bonds is 6. The Balaban J connectivity index is 1.84. The first-order valence-electron chi connectivity index (χ1n) is 6.51. The van der Waals surface area contributed by atoms with Crippen LogP contribution in [-0.2, 0) is 14.8 Å². The van der Waals surface area contributed by atoms with E-state index in [2.05, 4.69) is 5.32 Å². The Hall–Kier alpha value is -1.54. The predicted octanol–water partition coefficient (Wildman–Crippen LogP) is 0.863. The Bertz CT molecular complexity index is 629. The number of sulfonamides is 1. The van der Waals surface area contributed by atoms with Crippen LogP contribution in [0.5, 0.6) is 0 Å². The molecule has 0 saturated heterocycles. The highest BCUT2D eigenvalue weighted by Gasteiger charge is 2.46. The summed E-state index contributed by atoms with van der Waals surface area (Å²) in [6.45, 7) is 0.165. The average Bonchev–Trinajstić information content (AvgIpc) is 3.13. The van der Waals surface area contributed by atoms with Gasteiger partial charge in [0.1, 0.15) is 11.6 Å². The fourth-order valence-corrected chi connectivity index (χ4v) is 2.83. The molecule has 1 amide bonds. The van der Waals surface area contributed by atoms with Gasteiger partial charge in [0.15, 0.2) is 0 Å². The molecule has 0 heterocycles. The third-order valence-electron chi connectivity index (χ3n) is 3.40. The van der Waals surface area contributed by atoms with Gasteiger partial charge in [-0.25, -0.2) is 22.3 Å². The van der Waals surface area contributed by atoms with Crippen molar-refractivity contribution < 1.29 is 22.0 Å². The Morgan fingerprint density at radius 1 is 1.33 bits per heavy atom. The van der Waals surface area contributed by atoms with E-state index < -0.39 is 33.5 Å². The molecule has 0 aliphatic heterocycles. The lowest BCUT2D eigenvalue weighted by Gasteiger charge is -2.06. The first-order valence-corrected chi connectivity index (χ1v) is 8.23. The van der Waals surface area contributed by atoms with Crippen LogP contribution in [0.2, 0.25) is 0 Å². The summed E-state index contributed by atoms with van der Waals surface area (Å²) < 4.78 is 48.6. The standard InChI is InChI=1S/C13H16F2N2O3S/c14-10-3-1-4-11(15)12(10)8-7-9(8)13(18)17-5-2-6-21(16,19)20/h1,3-4,8-9H,2,5-7H2,(H,17,18)(H2,16,19,20)/t8-,9+/m1/s1. The van der Waals surface area contributed by atoms with Crippen LogP contribution >= 0.6 is 0 Å². The van der Waals surface area contributed by atoms with Gasteiger partial charge >= 0.3 is 0 Å². The van der Waals surface area contributed by atoms with Crippen molar-refractivity contribution in [2.75, 3.05) is 12.3 Å². The molecule has 3 N–H and O–H groups in total. The van der Waals surface area contributed by atoms with E-state index in [-0.39, 0.29) is 30.2 Å². The van der Waals surface area contributed by atoms with Gasteiger partial charge in [0.2, 0.25) is 15.9 Å². The van der Waals surface area contributed by atoms with E-state index in [1.165, 1.54) is 6.07 Å². The first kappa shape index (κ1) is 15.8. The molecule has 0 spiro atoms. The lowest BCUT2D eigenvalue weighted by atomic mass is 10.1. The van der Waals surface area contributed by atoms with Crippen molar-refractivity contribution in [3.8, 4) is 0 Å². The van der Waals surface area contributed by atoms with Crippen molar-refractivity contribution >= 4 is 15.9 Å². The first-order chi connectivity index (χ1) is 9.79. The van der Waals surface area contributed by atoms with E-state index in [1.807, 2.05) is 0 Å². The van der Waals surface area contributed by atoms with E-state index in [9.17, 15) is 22.0 Å². The zero-order valence-electron chi connectivity index (χ0n) is 11.2. The van der Waals surface area contributed by atoms with Crippen molar-refractivity contribution in [2.24, 2.45) is 11.1 Å². The lowest BCUT2D eigenvalue weighted by molar-refractivity contribution is -0.122. The second-order valence-electron chi connectivity index (χ2n) is 5.10. The summed E-state index contributed by atoms with van der Waals surface area (Å²) in [4.78, 5) is 11.8. The Labute approximate surface area is 121 Å². The number of nitrogens with two attached hydrogens (primary N) is 1. The maximum atomic E-state index is 13.6. The number of primary sulfonamides is 1. The Kier molecular flexibility index (Phi) is 4.58. The summed E-state index contributed by atoms with van der Waals surface area (Å²) >= 11 is 0. The van der Waals surface area contributed by atoms with Gasteiger partial charge in [0.25, 0.3) is 0 Å². The zero-order valence-corrected chi connectivity index (χ0v) is 12.0. The molecule has 116 valence electrons. The fraction of sp³-hybridized carbons (Fsp3) is 0.462. The monoisotopic (exact) mass is 318 g/mol. The zero-order chi connectivity index (χ0) is 15.6. The molecule has 1 aliphatic rings. The van der Waals surface area contributed by atoms with E-state index in [4.69, 9.17) is 5.14 Å². The minimum atomic E-state index is -3.54. The van der Waals surface area contributed by atoms with Crippen LogP contribution in [0.3, 0.4) is 0 Å². The van der Waals surface area contributed by atoms with Gasteiger partial charge in [0.05, 0.1) is 5.75 Å². The van der Waals surface area contributed by atoms with E-state index in [1.54, 1.807) is 0 Å². The molecule has 1 saturated carbocycles. The molecule has 8 heteroatoms. The average molecular weight is 318 g/mol. The summed E-state index contributed by atoms with van der Waals surface area (Å²) in [5.74, 6) is -2.76. The van der Waals surface area contributed by atoms with Crippen molar-refractivity contribution in [2.45, 2.75) is 18.8 Å². The number of halogens is 2. The predicted molar refractivity (Wildman–Crippen MR) is 72.8 cm³/mol. The molecule has 0 radical (unpaired) electrons. The number of benzene rings is 1. The van der Waals surface area contributed by atoms with Crippen LogP contribution in [0.15, 0.2) is 18.2 Å². The van der Waals surface area contributed by atoms with Gasteiger partial charge < -0.3 is 5.32 Å². The molecule has 21 heavy (non-hydrogen) atoms. The van der Waals surface area contributed by atoms with Crippen LogP contribution in [0.25, 0.3) is 0 Å². The number of hydrogen-bond donors (Lipinski definition) is 2. The lowest BCUT2D eigenvalue weighted by Crippen LogP contribution is -2.28. The molecular weight excluding hydrogens is 302 g/mol. The molecule has 5 nitrogen and oxygen atoms in total. The van der Waals surface area contributed by atoms with Crippen molar-refractivity contribution in [3.63, 3.8) is 0 Å². The van der Waals surface area contributed by atoms with Crippen LogP contribution in [-0.4, -0.2) is 26.6 Å². The molecule has 1 aliphatic carbocycles. The Morgan fingerprint density at radius 2 is 1.95 bits per heavy atom. The normalized spacial score (nSPS) is 21.1. The molecule has 1 aromatic carbocycles. The molecule has 0 aromatic heterocycles. The van der Waals surface area contributed by atoms with E-state index >= 15 is 0 Å². The molecular formula is C13H16F2N2O3S. The molecule has 2 rings (SSSR count). The molecule has 1 aromatic rings. The minimum Gasteiger partial charge on any atom is -0.356 e. The second kappa shape index (κ2) is 6.07. The highest BCUT2D eigenvalue weighted by Crippen LogP contribution is 2.49. The maximum absolute atomic E-state index is 13.6. The quantitative estimate of drug-likeness (QED) is 0.763. The fourth-order valence-electron chi connectivity index (χ4n) is 2.28. The molecule has 0 unspecified atom stereocenters. The minimum absolute atomic E-state index is 0.0535. The van der Waals surface area contributed by atoms with E-state index in [0.29, 0.717) is 6.42 Å². The highest BCUT2D eigenvalue weighted by molar-refractivity contribution is 7.89. The smallest absolute Gasteiger partial charge is 0.223 e. The summed E-state index contributed by atoms with van der Waals surface area (Å²) in [7, 11) is -3.54. The number of nitrogens with one attached hydrogen (secondary N) is 1. The van der Waals surface area contributed by atoms with Crippen molar-refractivity contribution in [3.05, 3.63) is 35.4 Å². The van der Waals surface area contributed by atoms with Crippen LogP contribution < -0.4 is 10.5 Å². The van der Waals surface area contributed by atoms with Crippen LogP contribution in [0.1, 0.15) is 24.3 Å². The number of amides is 1. The van der Waals surface area contributed by atoms with Crippen LogP contribution in [0.4, 0.5) is 8.78 Å². The van der Waals surface area contributed by atoms with Gasteiger partial charge in [-0.1, -0.05) is 6.07 Å². The topological polar surface area (TPSA) is 89.3 Å². The molecule has 0 bridgehead atoms. The number of carbonyl (C=O) groups is 1. The van der Waals surface area contributed by atoms with Gasteiger partial charge in [-0.2, -0.15) is 0 Å². The SMILES string of the molecule is NS(=O)(=O)CCCNC(=O)[C@H]1C[C@H]1c1c(F)cccc1F. The van der Waals surface area contributed by atoms with Crippen LogP contribution in [0, 0.1) is 17.6 Å². The van der Waals surface area contributed by atoms with Gasteiger partial charge in [0, 0.05) is 23.9 Å². The number of carbonyl (C=O) groups excluding carboxylic acids is 1. The molecule has 1 fully saturated rings. The third kappa shape index (κ3) is 4.21. The largest absolute Gasteiger partial charge is 0.356 e. The summed E-state index contributed by atoms with van der Waals surface area (Å²) in [6, 6.07) is 3.61. The Morgan fingerprint density at radius 3 is 2.52 bits per heavy atom. The number of hydrogen-bond acceptors (Lipinski definition) is 3. The van der Waals surface area contributed by atoms with Crippen molar-refractivity contribution in [1.82, 2.24) is 5.32 Å². The summed E-state index contributed by atoms with van der Waals surface area (Å²) in [5, 5.41) is 7.38.